The molecular formula is C17H23FN4O3. The predicted octanol–water partition coefficient (Wildman–Crippen LogP) is 0.927. The molecule has 1 unspecified atom stereocenters. The lowest BCUT2D eigenvalue weighted by Gasteiger charge is -2.35. The summed E-state index contributed by atoms with van der Waals surface area (Å²) >= 11 is 0. The van der Waals surface area contributed by atoms with Crippen LogP contribution in [0.2, 0.25) is 0 Å². The number of rotatable bonds is 3. The molecule has 0 saturated carbocycles. The average Bonchev–Trinajstić information content (AvgIpc) is 2.64. The van der Waals surface area contributed by atoms with Crippen molar-refractivity contribution in [2.45, 2.75) is 25.0 Å². The number of halogens is 1. The first-order valence-electron chi connectivity index (χ1n) is 8.56. The number of hydrogen-bond donors (Lipinski definition) is 3. The minimum absolute atomic E-state index is 0.00916. The Bertz CT molecular complexity index is 596. The molecule has 2 aliphatic rings. The van der Waals surface area contributed by atoms with Crippen LogP contribution in [-0.4, -0.2) is 61.8 Å². The maximum atomic E-state index is 12.9. The number of ether oxygens (including phenoxy) is 1. The quantitative estimate of drug-likeness (QED) is 0.757. The van der Waals surface area contributed by atoms with Crippen molar-refractivity contribution < 1.29 is 18.7 Å². The molecule has 0 spiro atoms. The first-order valence-corrected chi connectivity index (χ1v) is 8.56. The number of morpholine rings is 1. The van der Waals surface area contributed by atoms with E-state index in [1.54, 1.807) is 4.90 Å². The van der Waals surface area contributed by atoms with Crippen LogP contribution in [0.25, 0.3) is 0 Å². The molecule has 0 aromatic heterocycles. The highest BCUT2D eigenvalue weighted by Gasteiger charge is 2.30. The standard InChI is InChI=1S/C17H23FN4O3/c18-12-1-3-13(4-2-12)20-17(24)21-14-5-8-22(9-6-14)16(23)15-11-19-7-10-25-15/h1-4,14-15,19H,5-11H2,(H2,20,21,24). The zero-order valence-electron chi connectivity index (χ0n) is 14.0. The molecule has 1 atom stereocenters. The van der Waals surface area contributed by atoms with E-state index in [4.69, 9.17) is 4.74 Å². The number of nitrogens with one attached hydrogen (secondary N) is 3. The van der Waals surface area contributed by atoms with E-state index in [0.29, 0.717) is 44.8 Å². The van der Waals surface area contributed by atoms with Crippen LogP contribution < -0.4 is 16.0 Å². The monoisotopic (exact) mass is 350 g/mol. The first-order chi connectivity index (χ1) is 12.1. The molecule has 7 nitrogen and oxygen atoms in total. The van der Waals surface area contributed by atoms with Crippen molar-refractivity contribution in [3.05, 3.63) is 30.1 Å². The number of carbonyl (C=O) groups is 2. The smallest absolute Gasteiger partial charge is 0.319 e. The van der Waals surface area contributed by atoms with Crippen LogP contribution >= 0.6 is 0 Å². The lowest BCUT2D eigenvalue weighted by atomic mass is 10.0. The Morgan fingerprint density at radius 3 is 2.56 bits per heavy atom. The van der Waals surface area contributed by atoms with E-state index in [1.807, 2.05) is 0 Å². The summed E-state index contributed by atoms with van der Waals surface area (Å²) in [5.41, 5.74) is 0.536. The van der Waals surface area contributed by atoms with E-state index in [-0.39, 0.29) is 23.8 Å². The lowest BCUT2D eigenvalue weighted by molar-refractivity contribution is -0.146. The molecule has 0 aliphatic carbocycles. The summed E-state index contributed by atoms with van der Waals surface area (Å²) in [5, 5.41) is 8.73. The summed E-state index contributed by atoms with van der Waals surface area (Å²) in [6, 6.07) is 5.29. The van der Waals surface area contributed by atoms with Gasteiger partial charge >= 0.3 is 6.03 Å². The van der Waals surface area contributed by atoms with Crippen molar-refractivity contribution in [2.24, 2.45) is 0 Å². The molecule has 3 N–H and O–H groups in total. The third-order valence-corrected chi connectivity index (χ3v) is 4.45. The molecule has 0 radical (unpaired) electrons. The molecule has 3 amide bonds. The maximum Gasteiger partial charge on any atom is 0.319 e. The molecular weight excluding hydrogens is 327 g/mol. The van der Waals surface area contributed by atoms with Gasteiger partial charge in [-0.25, -0.2) is 9.18 Å². The largest absolute Gasteiger partial charge is 0.366 e. The number of piperidine rings is 1. The van der Waals surface area contributed by atoms with E-state index >= 15 is 0 Å². The fourth-order valence-corrected chi connectivity index (χ4v) is 3.06. The molecule has 1 aromatic rings. The zero-order valence-corrected chi connectivity index (χ0v) is 14.0. The Labute approximate surface area is 145 Å². The van der Waals surface area contributed by atoms with Gasteiger partial charge in [-0.3, -0.25) is 4.79 Å². The van der Waals surface area contributed by atoms with Crippen molar-refractivity contribution >= 4 is 17.6 Å². The number of nitrogens with zero attached hydrogens (tertiary/aromatic N) is 1. The van der Waals surface area contributed by atoms with E-state index < -0.39 is 6.10 Å². The highest BCUT2D eigenvalue weighted by molar-refractivity contribution is 5.89. The lowest BCUT2D eigenvalue weighted by Crippen LogP contribution is -2.53. The van der Waals surface area contributed by atoms with Crippen LogP contribution in [0.15, 0.2) is 24.3 Å². The summed E-state index contributed by atoms with van der Waals surface area (Å²) in [5.74, 6) is -0.332. The molecule has 2 saturated heterocycles. The highest BCUT2D eigenvalue weighted by Crippen LogP contribution is 2.14. The molecule has 8 heteroatoms. The van der Waals surface area contributed by atoms with Gasteiger partial charge in [0.2, 0.25) is 0 Å². The Kier molecular flexibility index (Phi) is 5.83. The molecule has 0 bridgehead atoms. The van der Waals surface area contributed by atoms with Crippen molar-refractivity contribution in [3.63, 3.8) is 0 Å². The predicted molar refractivity (Wildman–Crippen MR) is 90.8 cm³/mol. The zero-order chi connectivity index (χ0) is 17.6. The number of urea groups is 1. The normalized spacial score (nSPS) is 21.6. The number of amides is 3. The van der Waals surface area contributed by atoms with Gasteiger partial charge in [0.25, 0.3) is 5.91 Å². The number of likely N-dealkylation sites (tertiary alicyclic amines) is 1. The Morgan fingerprint density at radius 1 is 1.20 bits per heavy atom. The Balaban J connectivity index is 1.41. The second kappa shape index (κ2) is 8.26. The third kappa shape index (κ3) is 4.90. The summed E-state index contributed by atoms with van der Waals surface area (Å²) < 4.78 is 18.4. The second-order valence-corrected chi connectivity index (χ2v) is 6.27. The van der Waals surface area contributed by atoms with Crippen LogP contribution in [0.3, 0.4) is 0 Å². The number of anilines is 1. The molecule has 3 rings (SSSR count). The number of benzene rings is 1. The molecule has 136 valence electrons. The molecule has 2 fully saturated rings. The van der Waals surface area contributed by atoms with Gasteiger partial charge in [-0.1, -0.05) is 0 Å². The van der Waals surface area contributed by atoms with Crippen molar-refractivity contribution in [2.75, 3.05) is 38.1 Å². The van der Waals surface area contributed by atoms with Crippen LogP contribution in [0.5, 0.6) is 0 Å². The highest BCUT2D eigenvalue weighted by atomic mass is 19.1. The van der Waals surface area contributed by atoms with Crippen molar-refractivity contribution in [1.82, 2.24) is 15.5 Å². The van der Waals surface area contributed by atoms with Gasteiger partial charge in [0.15, 0.2) is 0 Å². The third-order valence-electron chi connectivity index (χ3n) is 4.45. The number of hydrogen-bond acceptors (Lipinski definition) is 4. The minimum Gasteiger partial charge on any atom is -0.366 e. The van der Waals surface area contributed by atoms with Gasteiger partial charge in [-0.15, -0.1) is 0 Å². The van der Waals surface area contributed by atoms with E-state index in [2.05, 4.69) is 16.0 Å². The summed E-state index contributed by atoms with van der Waals surface area (Å²) in [6.45, 7) is 3.08. The van der Waals surface area contributed by atoms with E-state index in [0.717, 1.165) is 6.54 Å². The topological polar surface area (TPSA) is 82.7 Å². The van der Waals surface area contributed by atoms with Gasteiger partial charge in [-0.05, 0) is 37.1 Å². The van der Waals surface area contributed by atoms with Crippen LogP contribution in [-0.2, 0) is 9.53 Å². The summed E-state index contributed by atoms with van der Waals surface area (Å²) in [7, 11) is 0. The van der Waals surface area contributed by atoms with Crippen LogP contribution in [0.4, 0.5) is 14.9 Å². The van der Waals surface area contributed by atoms with Crippen molar-refractivity contribution in [1.29, 1.82) is 0 Å². The fourth-order valence-electron chi connectivity index (χ4n) is 3.06. The molecule has 1 aromatic carbocycles. The maximum absolute atomic E-state index is 12.9. The van der Waals surface area contributed by atoms with Gasteiger partial charge in [-0.2, -0.15) is 0 Å². The second-order valence-electron chi connectivity index (χ2n) is 6.27. The van der Waals surface area contributed by atoms with Crippen LogP contribution in [0, 0.1) is 5.82 Å². The molecule has 2 heterocycles. The first kappa shape index (κ1) is 17.6. The average molecular weight is 350 g/mol. The summed E-state index contributed by atoms with van der Waals surface area (Å²) in [6.07, 6.45) is 0.992. The Morgan fingerprint density at radius 2 is 1.92 bits per heavy atom. The van der Waals surface area contributed by atoms with Crippen LogP contribution in [0.1, 0.15) is 12.8 Å². The minimum atomic E-state index is -0.403. The summed E-state index contributed by atoms with van der Waals surface area (Å²) in [4.78, 5) is 26.2. The van der Waals surface area contributed by atoms with E-state index in [9.17, 15) is 14.0 Å². The SMILES string of the molecule is O=C(Nc1ccc(F)cc1)NC1CCN(C(=O)C2CNCCO2)CC1. The van der Waals surface area contributed by atoms with E-state index in [1.165, 1.54) is 24.3 Å². The molecule has 2 aliphatic heterocycles. The van der Waals surface area contributed by atoms with Gasteiger partial charge in [0, 0.05) is 37.9 Å². The number of carbonyl (C=O) groups excluding carboxylic acids is 2. The van der Waals surface area contributed by atoms with Gasteiger partial charge < -0.3 is 25.6 Å². The Hall–Kier alpha value is -2.19. The van der Waals surface area contributed by atoms with Gasteiger partial charge in [0.05, 0.1) is 6.61 Å². The van der Waals surface area contributed by atoms with Gasteiger partial charge in [0.1, 0.15) is 11.9 Å². The molecule has 25 heavy (non-hydrogen) atoms. The fraction of sp³-hybridized carbons (Fsp3) is 0.529. The van der Waals surface area contributed by atoms with Crippen molar-refractivity contribution in [3.8, 4) is 0 Å².